The topological polar surface area (TPSA) is 47.9 Å². The maximum atomic E-state index is 11.6. The summed E-state index contributed by atoms with van der Waals surface area (Å²) >= 11 is 0. The lowest BCUT2D eigenvalue weighted by molar-refractivity contribution is -0.216. The molecule has 1 heterocycles. The number of benzene rings is 1. The van der Waals surface area contributed by atoms with Gasteiger partial charge in [0, 0.05) is 11.8 Å². The first-order valence-electron chi connectivity index (χ1n) is 13.1. The zero-order valence-electron chi connectivity index (χ0n) is 21.7. The van der Waals surface area contributed by atoms with Crippen molar-refractivity contribution in [2.24, 2.45) is 23.2 Å². The minimum Gasteiger partial charge on any atom is -0.543 e. The second kappa shape index (κ2) is 7.81. The van der Waals surface area contributed by atoms with E-state index < -0.39 is 14.1 Å². The fraction of sp³-hybridized carbons (Fsp3) is 0.786. The lowest BCUT2D eigenvalue weighted by Gasteiger charge is -2.54. The monoisotopic (exact) mass is 472 g/mol. The summed E-state index contributed by atoms with van der Waals surface area (Å²) in [6, 6.07) is 6.73. The first-order valence-corrected chi connectivity index (χ1v) is 16.0. The van der Waals surface area contributed by atoms with Crippen molar-refractivity contribution in [2.45, 2.75) is 103 Å². The second-order valence-corrected chi connectivity index (χ2v) is 17.9. The van der Waals surface area contributed by atoms with Crippen molar-refractivity contribution in [3.05, 3.63) is 29.3 Å². The van der Waals surface area contributed by atoms with Crippen LogP contribution in [0.15, 0.2) is 18.2 Å². The SMILES string of the molecule is CC1(C2CCC3C4CCc5cc(O[Si](C)(C)C(C)(C)C)ccc5C4[C@@H](O)C[C@@]32C)OCCO1. The fourth-order valence-corrected chi connectivity index (χ4v) is 8.76. The van der Waals surface area contributed by atoms with Crippen LogP contribution in [0.5, 0.6) is 5.75 Å². The predicted molar refractivity (Wildman–Crippen MR) is 134 cm³/mol. The van der Waals surface area contributed by atoms with Gasteiger partial charge in [-0.15, -0.1) is 0 Å². The van der Waals surface area contributed by atoms with E-state index in [0.29, 0.717) is 31.0 Å². The molecule has 0 aromatic heterocycles. The zero-order valence-corrected chi connectivity index (χ0v) is 22.7. The van der Waals surface area contributed by atoms with E-state index in [1.54, 1.807) is 0 Å². The molecule has 6 atom stereocenters. The Bertz CT molecular complexity index is 900. The summed E-state index contributed by atoms with van der Waals surface area (Å²) in [5.74, 6) is 2.28. The van der Waals surface area contributed by atoms with Crippen LogP contribution in [-0.2, 0) is 15.9 Å². The average Bonchev–Trinajstić information content (AvgIpc) is 3.30. The molecule has 5 heteroatoms. The number of aliphatic hydroxyl groups excluding tert-OH is 1. The molecular weight excluding hydrogens is 428 g/mol. The van der Waals surface area contributed by atoms with Crippen molar-refractivity contribution < 1.29 is 19.0 Å². The summed E-state index contributed by atoms with van der Waals surface area (Å²) in [5.41, 5.74) is 2.83. The van der Waals surface area contributed by atoms with Crippen LogP contribution < -0.4 is 4.43 Å². The van der Waals surface area contributed by atoms with E-state index >= 15 is 0 Å². The van der Waals surface area contributed by atoms with Gasteiger partial charge in [0.2, 0.25) is 8.32 Å². The van der Waals surface area contributed by atoms with E-state index in [-0.39, 0.29) is 22.5 Å². The van der Waals surface area contributed by atoms with Crippen molar-refractivity contribution in [1.82, 2.24) is 0 Å². The highest BCUT2D eigenvalue weighted by Crippen LogP contribution is 2.65. The van der Waals surface area contributed by atoms with Crippen LogP contribution >= 0.6 is 0 Å². The van der Waals surface area contributed by atoms with Gasteiger partial charge in [-0.25, -0.2) is 0 Å². The Morgan fingerprint density at radius 1 is 1.06 bits per heavy atom. The highest BCUT2D eigenvalue weighted by Gasteiger charge is 2.62. The number of hydrogen-bond acceptors (Lipinski definition) is 4. The van der Waals surface area contributed by atoms with Gasteiger partial charge in [-0.1, -0.05) is 33.8 Å². The van der Waals surface area contributed by atoms with E-state index in [4.69, 9.17) is 13.9 Å². The summed E-state index contributed by atoms with van der Waals surface area (Å²) in [6.45, 7) is 17.4. The molecule has 4 aliphatic rings. The van der Waals surface area contributed by atoms with Crippen molar-refractivity contribution in [2.75, 3.05) is 13.2 Å². The summed E-state index contributed by atoms with van der Waals surface area (Å²) in [5, 5.41) is 11.7. The summed E-state index contributed by atoms with van der Waals surface area (Å²) in [4.78, 5) is 0. The molecule has 33 heavy (non-hydrogen) atoms. The first-order chi connectivity index (χ1) is 15.4. The van der Waals surface area contributed by atoms with Gasteiger partial charge in [0.05, 0.1) is 19.3 Å². The van der Waals surface area contributed by atoms with Gasteiger partial charge in [-0.2, -0.15) is 0 Å². The van der Waals surface area contributed by atoms with Crippen LogP contribution in [0.4, 0.5) is 0 Å². The molecule has 3 aliphatic carbocycles. The van der Waals surface area contributed by atoms with Crippen LogP contribution in [0.3, 0.4) is 0 Å². The number of rotatable bonds is 3. The number of aryl methyl sites for hydroxylation is 1. The van der Waals surface area contributed by atoms with E-state index in [0.717, 1.165) is 31.4 Å². The van der Waals surface area contributed by atoms with Gasteiger partial charge in [-0.05, 0) is 97.7 Å². The second-order valence-electron chi connectivity index (χ2n) is 13.2. The van der Waals surface area contributed by atoms with Gasteiger partial charge in [-0.3, -0.25) is 0 Å². The molecule has 1 aromatic carbocycles. The third-order valence-electron chi connectivity index (χ3n) is 10.3. The van der Waals surface area contributed by atoms with Crippen LogP contribution in [-0.4, -0.2) is 38.5 Å². The summed E-state index contributed by atoms with van der Waals surface area (Å²) in [6.07, 6.45) is 5.13. The minimum absolute atomic E-state index is 0.0720. The first kappa shape index (κ1) is 23.8. The summed E-state index contributed by atoms with van der Waals surface area (Å²) < 4.78 is 18.9. The Morgan fingerprint density at radius 2 is 1.76 bits per heavy atom. The third-order valence-corrected chi connectivity index (χ3v) is 14.7. The quantitative estimate of drug-likeness (QED) is 0.526. The average molecular weight is 473 g/mol. The molecular formula is C28H44O4Si. The zero-order chi connectivity index (χ0) is 23.8. The molecule has 4 unspecified atom stereocenters. The number of ether oxygens (including phenoxy) is 2. The largest absolute Gasteiger partial charge is 0.543 e. The molecule has 1 N–H and O–H groups in total. The van der Waals surface area contributed by atoms with Gasteiger partial charge in [0.1, 0.15) is 5.75 Å². The Hall–Kier alpha value is -0.883. The van der Waals surface area contributed by atoms with Gasteiger partial charge >= 0.3 is 0 Å². The molecule has 184 valence electrons. The molecule has 1 aliphatic heterocycles. The standard InChI is InChI=1S/C28H44O4Si/c1-26(2,3)33(6,7)32-19-9-11-20-18(16-19)8-10-21-22-12-13-24(28(5)30-14-15-31-28)27(22,4)17-23(29)25(20)21/h9,11,16,21-25,29H,8,10,12-15,17H2,1-7H3/t21?,22?,23-,24?,25?,27-/m0/s1. The van der Waals surface area contributed by atoms with Crippen LogP contribution in [0, 0.1) is 23.2 Å². The maximum Gasteiger partial charge on any atom is 0.250 e. The molecule has 2 saturated carbocycles. The van der Waals surface area contributed by atoms with Crippen LogP contribution in [0.2, 0.25) is 18.1 Å². The Morgan fingerprint density at radius 3 is 2.42 bits per heavy atom. The molecule has 4 nitrogen and oxygen atoms in total. The number of fused-ring (bicyclic) bond motifs is 5. The minimum atomic E-state index is -1.87. The van der Waals surface area contributed by atoms with Crippen LogP contribution in [0.1, 0.15) is 77.3 Å². The molecule has 1 saturated heterocycles. The molecule has 0 radical (unpaired) electrons. The van der Waals surface area contributed by atoms with E-state index in [1.165, 1.54) is 17.5 Å². The molecule has 0 bridgehead atoms. The molecule has 1 aromatic rings. The van der Waals surface area contributed by atoms with Crippen molar-refractivity contribution >= 4 is 8.32 Å². The fourth-order valence-electron chi connectivity index (χ4n) is 7.74. The number of hydrogen-bond donors (Lipinski definition) is 1. The van der Waals surface area contributed by atoms with E-state index in [9.17, 15) is 5.11 Å². The number of aliphatic hydroxyl groups is 1. The third kappa shape index (κ3) is 3.73. The Kier molecular flexibility index (Phi) is 5.64. The Balaban J connectivity index is 1.41. The normalized spacial score (nSPS) is 37.9. The highest BCUT2D eigenvalue weighted by atomic mass is 28.4. The van der Waals surface area contributed by atoms with E-state index in [2.05, 4.69) is 65.9 Å². The molecule has 0 spiro atoms. The van der Waals surface area contributed by atoms with Gasteiger partial charge < -0.3 is 19.0 Å². The lowest BCUT2D eigenvalue weighted by atomic mass is 9.52. The maximum absolute atomic E-state index is 11.6. The van der Waals surface area contributed by atoms with E-state index in [1.807, 2.05) is 0 Å². The summed E-state index contributed by atoms with van der Waals surface area (Å²) in [7, 11) is -1.87. The molecule has 3 fully saturated rings. The Labute approximate surface area is 201 Å². The lowest BCUT2D eigenvalue weighted by Crippen LogP contribution is -2.53. The predicted octanol–water partition coefficient (Wildman–Crippen LogP) is 6.28. The van der Waals surface area contributed by atoms with Gasteiger partial charge in [0.25, 0.3) is 0 Å². The highest BCUT2D eigenvalue weighted by molar-refractivity contribution is 6.74. The molecule has 5 rings (SSSR count). The van der Waals surface area contributed by atoms with Crippen molar-refractivity contribution in [3.63, 3.8) is 0 Å². The van der Waals surface area contributed by atoms with Crippen LogP contribution in [0.25, 0.3) is 0 Å². The van der Waals surface area contributed by atoms with Crippen molar-refractivity contribution in [1.29, 1.82) is 0 Å². The van der Waals surface area contributed by atoms with Gasteiger partial charge in [0.15, 0.2) is 5.79 Å². The van der Waals surface area contributed by atoms with Crippen molar-refractivity contribution in [3.8, 4) is 5.75 Å². The molecule has 0 amide bonds. The smallest absolute Gasteiger partial charge is 0.250 e.